The summed E-state index contributed by atoms with van der Waals surface area (Å²) in [7, 11) is 0. The van der Waals surface area contributed by atoms with Gasteiger partial charge in [0.25, 0.3) is 0 Å². The highest BCUT2D eigenvalue weighted by Gasteiger charge is 2.62. The number of hydrogen-bond donors (Lipinski definition) is 1. The predicted octanol–water partition coefficient (Wildman–Crippen LogP) is 4.02. The molecule has 0 aliphatic heterocycles. The van der Waals surface area contributed by atoms with Crippen molar-refractivity contribution in [1.29, 1.82) is 0 Å². The van der Waals surface area contributed by atoms with E-state index >= 15 is 0 Å². The number of Topliss-reactive ketones (excluding diaryl/α,β-unsaturated/α-hetero) is 2. The number of hydrogen-bond acceptors (Lipinski definition) is 3. The van der Waals surface area contributed by atoms with Crippen molar-refractivity contribution in [3.05, 3.63) is 0 Å². The Hall–Kier alpha value is -0.700. The highest BCUT2D eigenvalue weighted by atomic mass is 16.3. The van der Waals surface area contributed by atoms with Crippen LogP contribution in [-0.2, 0) is 9.59 Å². The van der Waals surface area contributed by atoms with Gasteiger partial charge in [0.05, 0.1) is 0 Å². The molecular weight excluding hydrogens is 312 g/mol. The number of carbonyl (C=O) groups is 2. The predicted molar refractivity (Wildman–Crippen MR) is 96.9 cm³/mol. The van der Waals surface area contributed by atoms with Crippen molar-refractivity contribution in [1.82, 2.24) is 0 Å². The number of aliphatic hydroxyl groups excluding tert-OH is 1. The molecule has 4 fully saturated rings. The third-order valence-electron chi connectivity index (χ3n) is 9.40. The monoisotopic (exact) mass is 346 g/mol. The lowest BCUT2D eigenvalue weighted by Crippen LogP contribution is -2.56. The highest BCUT2D eigenvalue weighted by molar-refractivity contribution is 5.83. The van der Waals surface area contributed by atoms with Crippen LogP contribution in [0.4, 0.5) is 0 Å². The molecule has 4 aliphatic carbocycles. The van der Waals surface area contributed by atoms with E-state index in [1.807, 2.05) is 0 Å². The molecule has 0 aromatic carbocycles. The van der Waals surface area contributed by atoms with Gasteiger partial charge < -0.3 is 5.11 Å². The summed E-state index contributed by atoms with van der Waals surface area (Å²) in [5, 5.41) is 9.41. The summed E-state index contributed by atoms with van der Waals surface area (Å²) in [6.07, 6.45) is 8.34. The first-order valence-corrected chi connectivity index (χ1v) is 10.5. The van der Waals surface area contributed by atoms with Crippen molar-refractivity contribution in [3.63, 3.8) is 0 Å². The van der Waals surface area contributed by atoms with E-state index in [4.69, 9.17) is 0 Å². The minimum absolute atomic E-state index is 0.0669. The SMILES string of the molecule is C[C@H]1C[C@@H]2[C@H](CC[C@]3(C)[C@@H](C(=O)CO)CC[C@@H]23)[C@@]2(C)CCC(=O)C[C@@H]12. The van der Waals surface area contributed by atoms with Crippen LogP contribution in [-0.4, -0.2) is 23.3 Å². The van der Waals surface area contributed by atoms with E-state index in [2.05, 4.69) is 20.8 Å². The fraction of sp³-hybridized carbons (Fsp3) is 0.909. The van der Waals surface area contributed by atoms with Gasteiger partial charge in [0.15, 0.2) is 5.78 Å². The minimum Gasteiger partial charge on any atom is -0.389 e. The Bertz CT molecular complexity index is 584. The van der Waals surface area contributed by atoms with Gasteiger partial charge >= 0.3 is 0 Å². The van der Waals surface area contributed by atoms with Crippen molar-refractivity contribution >= 4 is 11.6 Å². The molecule has 3 nitrogen and oxygen atoms in total. The van der Waals surface area contributed by atoms with Gasteiger partial charge in [-0.05, 0) is 78.9 Å². The van der Waals surface area contributed by atoms with Gasteiger partial charge in [0, 0.05) is 18.8 Å². The summed E-state index contributed by atoms with van der Waals surface area (Å²) in [4.78, 5) is 24.4. The Morgan fingerprint density at radius 1 is 1.08 bits per heavy atom. The van der Waals surface area contributed by atoms with Crippen molar-refractivity contribution < 1.29 is 14.7 Å². The second-order valence-electron chi connectivity index (χ2n) is 10.2. The van der Waals surface area contributed by atoms with Crippen LogP contribution >= 0.6 is 0 Å². The molecule has 3 heteroatoms. The highest BCUT2D eigenvalue weighted by Crippen LogP contribution is 2.68. The summed E-state index contributed by atoms with van der Waals surface area (Å²) >= 11 is 0. The Morgan fingerprint density at radius 2 is 1.80 bits per heavy atom. The molecule has 1 N–H and O–H groups in total. The minimum atomic E-state index is -0.292. The maximum Gasteiger partial charge on any atom is 0.161 e. The zero-order valence-corrected chi connectivity index (χ0v) is 16.1. The molecule has 4 saturated carbocycles. The molecule has 140 valence electrons. The third-order valence-corrected chi connectivity index (χ3v) is 9.40. The van der Waals surface area contributed by atoms with Gasteiger partial charge in [-0.15, -0.1) is 0 Å². The largest absolute Gasteiger partial charge is 0.389 e. The number of ketones is 2. The van der Waals surface area contributed by atoms with Crippen molar-refractivity contribution in [2.75, 3.05) is 6.61 Å². The van der Waals surface area contributed by atoms with Crippen molar-refractivity contribution in [2.45, 2.75) is 72.1 Å². The maximum absolute atomic E-state index is 12.3. The lowest BCUT2D eigenvalue weighted by atomic mass is 9.43. The van der Waals surface area contributed by atoms with Crippen molar-refractivity contribution in [3.8, 4) is 0 Å². The molecule has 0 bridgehead atoms. The average Bonchev–Trinajstić information content (AvgIpc) is 2.93. The number of rotatable bonds is 2. The van der Waals surface area contributed by atoms with E-state index < -0.39 is 0 Å². The van der Waals surface area contributed by atoms with E-state index in [1.165, 1.54) is 12.8 Å². The molecule has 8 atom stereocenters. The quantitative estimate of drug-likeness (QED) is 0.821. The number of aliphatic hydroxyl groups is 1. The van der Waals surface area contributed by atoms with Crippen LogP contribution in [0.3, 0.4) is 0 Å². The summed E-state index contributed by atoms with van der Waals surface area (Å²) in [6, 6.07) is 0. The van der Waals surface area contributed by atoms with Gasteiger partial charge in [-0.1, -0.05) is 20.8 Å². The third kappa shape index (κ3) is 2.40. The molecule has 25 heavy (non-hydrogen) atoms. The first kappa shape index (κ1) is 17.7. The summed E-state index contributed by atoms with van der Waals surface area (Å²) < 4.78 is 0. The van der Waals surface area contributed by atoms with Gasteiger partial charge in [-0.2, -0.15) is 0 Å². The van der Waals surface area contributed by atoms with E-state index in [9.17, 15) is 14.7 Å². The first-order valence-electron chi connectivity index (χ1n) is 10.5. The summed E-state index contributed by atoms with van der Waals surface area (Å²) in [5.41, 5.74) is 0.408. The molecule has 0 spiro atoms. The Labute approximate surface area is 151 Å². The molecule has 0 unspecified atom stereocenters. The topological polar surface area (TPSA) is 54.4 Å². The number of fused-ring (bicyclic) bond motifs is 5. The molecular formula is C22H34O3. The van der Waals surface area contributed by atoms with Gasteiger partial charge in [-0.3, -0.25) is 9.59 Å². The van der Waals surface area contributed by atoms with Crippen LogP contribution in [0.1, 0.15) is 72.1 Å². The Kier molecular flexibility index (Phi) is 4.18. The molecule has 0 aromatic rings. The zero-order chi connectivity index (χ0) is 18.0. The average molecular weight is 347 g/mol. The van der Waals surface area contributed by atoms with Crippen LogP contribution in [0, 0.1) is 46.3 Å². The Morgan fingerprint density at radius 3 is 2.52 bits per heavy atom. The molecule has 0 amide bonds. The number of carbonyl (C=O) groups excluding carboxylic acids is 2. The smallest absolute Gasteiger partial charge is 0.161 e. The lowest BCUT2D eigenvalue weighted by Gasteiger charge is -2.62. The second-order valence-corrected chi connectivity index (χ2v) is 10.2. The van der Waals surface area contributed by atoms with Crippen LogP contribution in [0.2, 0.25) is 0 Å². The van der Waals surface area contributed by atoms with Gasteiger partial charge in [0.1, 0.15) is 12.4 Å². The summed E-state index contributed by atoms with van der Waals surface area (Å²) in [6.45, 7) is 6.89. The van der Waals surface area contributed by atoms with E-state index in [1.54, 1.807) is 0 Å². The summed E-state index contributed by atoms with van der Waals surface area (Å²) in [5.74, 6) is 3.85. The van der Waals surface area contributed by atoms with Crippen molar-refractivity contribution in [2.24, 2.45) is 46.3 Å². The molecule has 0 aromatic heterocycles. The van der Waals surface area contributed by atoms with Gasteiger partial charge in [0.2, 0.25) is 0 Å². The standard InChI is InChI=1S/C22H34O3/c1-13-10-15-16-4-5-18(20(25)12-23)21(16,2)9-7-17(15)22(3)8-6-14(24)11-19(13)22/h13,15-19,23H,4-12H2,1-3H3/t13-,15-,16-,17-,18+,19-,21-,22+/m0/s1. The van der Waals surface area contributed by atoms with E-state index in [0.29, 0.717) is 34.9 Å². The lowest BCUT2D eigenvalue weighted by molar-refractivity contribution is -0.152. The molecule has 4 rings (SSSR count). The zero-order valence-electron chi connectivity index (χ0n) is 16.1. The molecule has 0 saturated heterocycles. The van der Waals surface area contributed by atoms with Crippen LogP contribution in [0.5, 0.6) is 0 Å². The fourth-order valence-electron chi connectivity index (χ4n) is 8.15. The van der Waals surface area contributed by atoms with Crippen LogP contribution in [0.25, 0.3) is 0 Å². The first-order chi connectivity index (χ1) is 11.8. The fourth-order valence-corrected chi connectivity index (χ4v) is 8.15. The van der Waals surface area contributed by atoms with Crippen LogP contribution < -0.4 is 0 Å². The molecule has 0 heterocycles. The van der Waals surface area contributed by atoms with Gasteiger partial charge in [-0.25, -0.2) is 0 Å². The Balaban J connectivity index is 1.64. The normalized spacial score (nSPS) is 52.2. The van der Waals surface area contributed by atoms with Crippen LogP contribution in [0.15, 0.2) is 0 Å². The maximum atomic E-state index is 12.3. The molecule has 4 aliphatic rings. The molecule has 0 radical (unpaired) electrons. The second kappa shape index (κ2) is 5.90. The van der Waals surface area contributed by atoms with E-state index in [0.717, 1.165) is 44.4 Å². The van der Waals surface area contributed by atoms with E-state index in [-0.39, 0.29) is 23.7 Å².